The Kier molecular flexibility index (Phi) is 2.81. The van der Waals surface area contributed by atoms with Crippen LogP contribution in [0.3, 0.4) is 0 Å². The molecule has 0 rings (SSSR count). The minimum Gasteiger partial charge on any atom is -0.429 e. The number of esters is 1. The van der Waals surface area contributed by atoms with Gasteiger partial charge in [-0.1, -0.05) is 13.8 Å². The normalized spacial score (nSPS) is 16.6. The van der Waals surface area contributed by atoms with Crippen molar-refractivity contribution in [1.82, 2.24) is 0 Å². The number of carbonyl (C=O) groups excluding carboxylic acids is 1. The maximum atomic E-state index is 13.0. The lowest BCUT2D eigenvalue weighted by atomic mass is 10.1. The van der Waals surface area contributed by atoms with Crippen LogP contribution in [-0.4, -0.2) is 11.8 Å². The first-order valence-corrected chi connectivity index (χ1v) is 3.24. The van der Waals surface area contributed by atoms with Crippen molar-refractivity contribution in [2.75, 3.05) is 0 Å². The summed E-state index contributed by atoms with van der Waals surface area (Å²) >= 11 is 0. The van der Waals surface area contributed by atoms with Gasteiger partial charge in [-0.15, -0.1) is 0 Å². The van der Waals surface area contributed by atoms with E-state index in [1.54, 1.807) is 13.8 Å². The van der Waals surface area contributed by atoms with Gasteiger partial charge in [-0.3, -0.25) is 4.79 Å². The van der Waals surface area contributed by atoms with Gasteiger partial charge in [-0.05, 0) is 0 Å². The Morgan fingerprint density at radius 3 is 2.10 bits per heavy atom. The monoisotopic (exact) mass is 148 g/mol. The predicted molar refractivity (Wildman–Crippen MR) is 36.1 cm³/mol. The molecule has 60 valence electrons. The summed E-state index contributed by atoms with van der Waals surface area (Å²) in [6, 6.07) is 0. The van der Waals surface area contributed by atoms with E-state index in [0.717, 1.165) is 0 Å². The SMILES string of the molecule is CC(=O)OC(C)(F)C(C)C. The van der Waals surface area contributed by atoms with Gasteiger partial charge < -0.3 is 4.74 Å². The molecule has 0 N–H and O–H groups in total. The van der Waals surface area contributed by atoms with Crippen molar-refractivity contribution in [3.63, 3.8) is 0 Å². The van der Waals surface area contributed by atoms with Crippen molar-refractivity contribution in [3.05, 3.63) is 0 Å². The summed E-state index contributed by atoms with van der Waals surface area (Å²) < 4.78 is 17.4. The summed E-state index contributed by atoms with van der Waals surface area (Å²) in [6.07, 6.45) is 0. The third-order valence-electron chi connectivity index (χ3n) is 1.37. The molecule has 0 amide bonds. The third-order valence-corrected chi connectivity index (χ3v) is 1.37. The molecule has 0 aliphatic rings. The van der Waals surface area contributed by atoms with Gasteiger partial charge in [0, 0.05) is 19.8 Å². The molecule has 1 atom stereocenters. The Labute approximate surface area is 60.4 Å². The molecule has 0 bridgehead atoms. The Balaban J connectivity index is 3.99. The largest absolute Gasteiger partial charge is 0.429 e. The van der Waals surface area contributed by atoms with Gasteiger partial charge in [0.25, 0.3) is 5.85 Å². The molecule has 0 heterocycles. The van der Waals surface area contributed by atoms with Crippen LogP contribution in [0, 0.1) is 5.92 Å². The molecule has 1 unspecified atom stereocenters. The first kappa shape index (κ1) is 9.40. The van der Waals surface area contributed by atoms with Crippen molar-refractivity contribution in [2.45, 2.75) is 33.5 Å². The van der Waals surface area contributed by atoms with Crippen LogP contribution in [0.2, 0.25) is 0 Å². The van der Waals surface area contributed by atoms with E-state index < -0.39 is 11.8 Å². The average molecular weight is 148 g/mol. The lowest BCUT2D eigenvalue weighted by Gasteiger charge is -2.23. The van der Waals surface area contributed by atoms with Gasteiger partial charge >= 0.3 is 5.97 Å². The number of hydrogen-bond donors (Lipinski definition) is 0. The van der Waals surface area contributed by atoms with Crippen molar-refractivity contribution in [3.8, 4) is 0 Å². The molecule has 0 saturated carbocycles. The van der Waals surface area contributed by atoms with E-state index in [4.69, 9.17) is 0 Å². The van der Waals surface area contributed by atoms with Crippen LogP contribution in [-0.2, 0) is 9.53 Å². The van der Waals surface area contributed by atoms with Crippen LogP contribution in [0.1, 0.15) is 27.7 Å². The zero-order valence-corrected chi connectivity index (χ0v) is 6.77. The number of carbonyl (C=O) groups is 1. The van der Waals surface area contributed by atoms with E-state index in [0.29, 0.717) is 0 Å². The first-order chi connectivity index (χ1) is 4.36. The summed E-state index contributed by atoms with van der Waals surface area (Å²) in [7, 11) is 0. The summed E-state index contributed by atoms with van der Waals surface area (Å²) in [5.74, 6) is -2.72. The van der Waals surface area contributed by atoms with E-state index in [1.165, 1.54) is 13.8 Å². The minimum atomic E-state index is -1.83. The summed E-state index contributed by atoms with van der Waals surface area (Å²) in [5, 5.41) is 0. The summed E-state index contributed by atoms with van der Waals surface area (Å²) in [6.45, 7) is 5.76. The number of hydrogen-bond acceptors (Lipinski definition) is 2. The topological polar surface area (TPSA) is 26.3 Å². The molecule has 0 aliphatic carbocycles. The van der Waals surface area contributed by atoms with Gasteiger partial charge in [-0.25, -0.2) is 0 Å². The Morgan fingerprint density at radius 2 is 2.00 bits per heavy atom. The highest BCUT2D eigenvalue weighted by Crippen LogP contribution is 2.22. The van der Waals surface area contributed by atoms with Crippen LogP contribution < -0.4 is 0 Å². The number of alkyl halides is 1. The van der Waals surface area contributed by atoms with E-state index >= 15 is 0 Å². The Bertz CT molecular complexity index is 130. The van der Waals surface area contributed by atoms with Crippen molar-refractivity contribution in [1.29, 1.82) is 0 Å². The van der Waals surface area contributed by atoms with E-state index in [9.17, 15) is 9.18 Å². The van der Waals surface area contributed by atoms with Gasteiger partial charge in [0.05, 0.1) is 0 Å². The average Bonchev–Trinajstić information content (AvgIpc) is 1.60. The van der Waals surface area contributed by atoms with E-state index in [-0.39, 0.29) is 5.92 Å². The highest BCUT2D eigenvalue weighted by atomic mass is 19.2. The molecule has 0 aromatic heterocycles. The fourth-order valence-electron chi connectivity index (χ4n) is 0.399. The first-order valence-electron chi connectivity index (χ1n) is 3.24. The molecule has 0 aliphatic heterocycles. The predicted octanol–water partition coefficient (Wildman–Crippen LogP) is 1.89. The molecule has 3 heteroatoms. The summed E-state index contributed by atoms with van der Waals surface area (Å²) in [5.41, 5.74) is 0. The second kappa shape index (κ2) is 2.99. The molecular weight excluding hydrogens is 135 g/mol. The lowest BCUT2D eigenvalue weighted by Crippen LogP contribution is -2.31. The van der Waals surface area contributed by atoms with Crippen molar-refractivity contribution < 1.29 is 13.9 Å². The molecule has 0 aromatic rings. The zero-order valence-electron chi connectivity index (χ0n) is 6.77. The molecule has 0 spiro atoms. The molecule has 10 heavy (non-hydrogen) atoms. The standard InChI is InChI=1S/C7H13FO2/c1-5(2)7(4,8)10-6(3)9/h5H,1-4H3. The molecule has 0 radical (unpaired) electrons. The number of halogens is 1. The summed E-state index contributed by atoms with van der Waals surface area (Å²) in [4.78, 5) is 10.3. The van der Waals surface area contributed by atoms with Gasteiger partial charge in [0.2, 0.25) is 0 Å². The molecule has 0 aromatic carbocycles. The maximum absolute atomic E-state index is 13.0. The van der Waals surface area contributed by atoms with Crippen molar-refractivity contribution in [2.24, 2.45) is 5.92 Å². The highest BCUT2D eigenvalue weighted by Gasteiger charge is 2.30. The van der Waals surface area contributed by atoms with E-state index in [2.05, 4.69) is 4.74 Å². The van der Waals surface area contributed by atoms with Crippen molar-refractivity contribution >= 4 is 5.97 Å². The van der Waals surface area contributed by atoms with Crippen LogP contribution in [0.5, 0.6) is 0 Å². The van der Waals surface area contributed by atoms with Gasteiger partial charge in [0.1, 0.15) is 0 Å². The zero-order chi connectivity index (χ0) is 8.36. The van der Waals surface area contributed by atoms with Crippen LogP contribution in [0.25, 0.3) is 0 Å². The number of ether oxygens (including phenoxy) is 1. The van der Waals surface area contributed by atoms with Gasteiger partial charge in [0.15, 0.2) is 0 Å². The van der Waals surface area contributed by atoms with Crippen LogP contribution in [0.15, 0.2) is 0 Å². The molecular formula is C7H13FO2. The Morgan fingerprint density at radius 1 is 1.60 bits per heavy atom. The van der Waals surface area contributed by atoms with Crippen LogP contribution >= 0.6 is 0 Å². The maximum Gasteiger partial charge on any atom is 0.305 e. The molecule has 2 nitrogen and oxygen atoms in total. The van der Waals surface area contributed by atoms with Crippen LogP contribution in [0.4, 0.5) is 4.39 Å². The molecule has 0 fully saturated rings. The minimum absolute atomic E-state index is 0.309. The fourth-order valence-corrected chi connectivity index (χ4v) is 0.399. The highest BCUT2D eigenvalue weighted by molar-refractivity contribution is 5.66. The smallest absolute Gasteiger partial charge is 0.305 e. The fraction of sp³-hybridized carbons (Fsp3) is 0.857. The lowest BCUT2D eigenvalue weighted by molar-refractivity contribution is -0.185. The van der Waals surface area contributed by atoms with E-state index in [1.807, 2.05) is 0 Å². The Hall–Kier alpha value is -0.600. The third kappa shape index (κ3) is 2.80. The second-order valence-electron chi connectivity index (χ2n) is 2.73. The number of rotatable bonds is 2. The quantitative estimate of drug-likeness (QED) is 0.559. The van der Waals surface area contributed by atoms with Gasteiger partial charge in [-0.2, -0.15) is 4.39 Å². The molecule has 0 saturated heterocycles. The second-order valence-corrected chi connectivity index (χ2v) is 2.73.